The van der Waals surface area contributed by atoms with Crippen LogP contribution in [0.2, 0.25) is 5.02 Å². The van der Waals surface area contributed by atoms with Gasteiger partial charge in [0.05, 0.1) is 11.0 Å². The van der Waals surface area contributed by atoms with Crippen molar-refractivity contribution in [2.24, 2.45) is 0 Å². The maximum absolute atomic E-state index is 6.02. The standard InChI is InChI=1S/C16H14ClN3/c1-11(12-3-2-4-13(17)9-12)20-14-5-6-15-16(10-14)19-8-7-18-15/h2-11,20H,1H3. The number of fused-ring (bicyclic) bond motifs is 1. The van der Waals surface area contributed by atoms with E-state index >= 15 is 0 Å². The zero-order valence-electron chi connectivity index (χ0n) is 11.0. The summed E-state index contributed by atoms with van der Waals surface area (Å²) < 4.78 is 0. The fourth-order valence-electron chi connectivity index (χ4n) is 2.16. The molecule has 0 fully saturated rings. The Morgan fingerprint density at radius 3 is 2.60 bits per heavy atom. The van der Waals surface area contributed by atoms with Gasteiger partial charge < -0.3 is 5.32 Å². The third kappa shape index (κ3) is 2.73. The van der Waals surface area contributed by atoms with Gasteiger partial charge in [-0.1, -0.05) is 23.7 Å². The zero-order valence-corrected chi connectivity index (χ0v) is 11.8. The van der Waals surface area contributed by atoms with Gasteiger partial charge in [0.15, 0.2) is 0 Å². The summed E-state index contributed by atoms with van der Waals surface area (Å²) in [4.78, 5) is 8.58. The number of anilines is 1. The van der Waals surface area contributed by atoms with Crippen LogP contribution in [0.4, 0.5) is 5.69 Å². The fraction of sp³-hybridized carbons (Fsp3) is 0.125. The number of hydrogen-bond acceptors (Lipinski definition) is 3. The molecule has 100 valence electrons. The van der Waals surface area contributed by atoms with Crippen molar-refractivity contribution >= 4 is 28.3 Å². The number of halogens is 1. The van der Waals surface area contributed by atoms with Crippen LogP contribution in [0.1, 0.15) is 18.5 Å². The van der Waals surface area contributed by atoms with Crippen molar-refractivity contribution in [3.63, 3.8) is 0 Å². The lowest BCUT2D eigenvalue weighted by Gasteiger charge is -2.16. The Morgan fingerprint density at radius 1 is 1.00 bits per heavy atom. The molecule has 1 heterocycles. The van der Waals surface area contributed by atoms with Gasteiger partial charge in [0.2, 0.25) is 0 Å². The number of nitrogens with zero attached hydrogens (tertiary/aromatic N) is 2. The van der Waals surface area contributed by atoms with Crippen LogP contribution in [0.5, 0.6) is 0 Å². The van der Waals surface area contributed by atoms with Gasteiger partial charge in [-0.2, -0.15) is 0 Å². The summed E-state index contributed by atoms with van der Waals surface area (Å²) in [6.07, 6.45) is 3.40. The summed E-state index contributed by atoms with van der Waals surface area (Å²) in [5, 5.41) is 4.20. The van der Waals surface area contributed by atoms with Gasteiger partial charge >= 0.3 is 0 Å². The SMILES string of the molecule is CC(Nc1ccc2nccnc2c1)c1cccc(Cl)c1. The van der Waals surface area contributed by atoms with Gasteiger partial charge in [-0.25, -0.2) is 0 Å². The molecule has 3 aromatic rings. The minimum atomic E-state index is 0.169. The quantitative estimate of drug-likeness (QED) is 0.771. The minimum absolute atomic E-state index is 0.169. The van der Waals surface area contributed by atoms with Crippen molar-refractivity contribution in [1.82, 2.24) is 9.97 Å². The molecule has 0 saturated heterocycles. The number of benzene rings is 2. The van der Waals surface area contributed by atoms with Gasteiger partial charge in [0.1, 0.15) is 0 Å². The van der Waals surface area contributed by atoms with E-state index in [4.69, 9.17) is 11.6 Å². The van der Waals surface area contributed by atoms with Crippen molar-refractivity contribution < 1.29 is 0 Å². The van der Waals surface area contributed by atoms with Crippen LogP contribution in [0.3, 0.4) is 0 Å². The van der Waals surface area contributed by atoms with Crippen LogP contribution in [0, 0.1) is 0 Å². The molecule has 0 saturated carbocycles. The van der Waals surface area contributed by atoms with E-state index in [1.807, 2.05) is 36.4 Å². The zero-order chi connectivity index (χ0) is 13.9. The fourth-order valence-corrected chi connectivity index (χ4v) is 2.36. The molecular weight excluding hydrogens is 270 g/mol. The minimum Gasteiger partial charge on any atom is -0.378 e. The molecule has 1 N–H and O–H groups in total. The lowest BCUT2D eigenvalue weighted by Crippen LogP contribution is -2.06. The Kier molecular flexibility index (Phi) is 3.52. The van der Waals surface area contributed by atoms with Crippen LogP contribution >= 0.6 is 11.6 Å². The van der Waals surface area contributed by atoms with Gasteiger partial charge in [-0.05, 0) is 42.8 Å². The van der Waals surface area contributed by atoms with Crippen LogP contribution < -0.4 is 5.32 Å². The molecule has 0 aliphatic rings. The molecule has 20 heavy (non-hydrogen) atoms. The molecule has 4 heteroatoms. The van der Waals surface area contributed by atoms with Crippen molar-refractivity contribution in [3.8, 4) is 0 Å². The van der Waals surface area contributed by atoms with Gasteiger partial charge in [0, 0.05) is 29.1 Å². The van der Waals surface area contributed by atoms with Crippen LogP contribution in [-0.4, -0.2) is 9.97 Å². The molecule has 0 spiro atoms. The summed E-state index contributed by atoms with van der Waals surface area (Å²) in [6.45, 7) is 2.10. The normalized spacial score (nSPS) is 12.3. The van der Waals surface area contributed by atoms with Crippen molar-refractivity contribution in [2.45, 2.75) is 13.0 Å². The predicted octanol–water partition coefficient (Wildman–Crippen LogP) is 4.46. The second kappa shape index (κ2) is 5.47. The number of aromatic nitrogens is 2. The van der Waals surface area contributed by atoms with E-state index in [-0.39, 0.29) is 6.04 Å². The predicted molar refractivity (Wildman–Crippen MR) is 83.0 cm³/mol. The van der Waals surface area contributed by atoms with Crippen LogP contribution in [0.15, 0.2) is 54.9 Å². The molecule has 0 amide bonds. The molecule has 1 unspecified atom stereocenters. The molecular formula is C16H14ClN3. The second-order valence-electron chi connectivity index (χ2n) is 4.68. The number of rotatable bonds is 3. The highest BCUT2D eigenvalue weighted by Gasteiger charge is 2.06. The van der Waals surface area contributed by atoms with E-state index in [2.05, 4.69) is 28.3 Å². The second-order valence-corrected chi connectivity index (χ2v) is 5.12. The lowest BCUT2D eigenvalue weighted by atomic mass is 10.1. The molecule has 0 bridgehead atoms. The first-order valence-electron chi connectivity index (χ1n) is 6.45. The first-order chi connectivity index (χ1) is 9.72. The molecule has 1 aromatic heterocycles. The summed E-state index contributed by atoms with van der Waals surface area (Å²) in [6, 6.07) is 14.0. The monoisotopic (exact) mass is 283 g/mol. The van der Waals surface area contributed by atoms with Crippen LogP contribution in [-0.2, 0) is 0 Å². The highest BCUT2D eigenvalue weighted by Crippen LogP contribution is 2.23. The Hall–Kier alpha value is -2.13. The molecule has 3 rings (SSSR count). The van der Waals surface area contributed by atoms with E-state index in [0.29, 0.717) is 0 Å². The smallest absolute Gasteiger partial charge is 0.0907 e. The maximum Gasteiger partial charge on any atom is 0.0907 e. The summed E-state index contributed by atoms with van der Waals surface area (Å²) in [5.74, 6) is 0. The molecule has 3 nitrogen and oxygen atoms in total. The van der Waals surface area contributed by atoms with E-state index in [1.165, 1.54) is 0 Å². The lowest BCUT2D eigenvalue weighted by molar-refractivity contribution is 0.885. The van der Waals surface area contributed by atoms with Crippen LogP contribution in [0.25, 0.3) is 11.0 Å². The summed E-state index contributed by atoms with van der Waals surface area (Å²) in [5.41, 5.74) is 3.95. The first-order valence-corrected chi connectivity index (χ1v) is 6.83. The van der Waals surface area contributed by atoms with E-state index < -0.39 is 0 Å². The molecule has 0 aliphatic carbocycles. The number of hydrogen-bond donors (Lipinski definition) is 1. The Bertz CT molecular complexity index is 742. The molecule has 0 radical (unpaired) electrons. The molecule has 2 aromatic carbocycles. The highest BCUT2D eigenvalue weighted by atomic mass is 35.5. The Morgan fingerprint density at radius 2 is 1.80 bits per heavy atom. The van der Waals surface area contributed by atoms with Gasteiger partial charge in [0.25, 0.3) is 0 Å². The molecule has 1 atom stereocenters. The summed E-state index contributed by atoms with van der Waals surface area (Å²) >= 11 is 6.02. The van der Waals surface area contributed by atoms with E-state index in [9.17, 15) is 0 Å². The van der Waals surface area contributed by atoms with E-state index in [0.717, 1.165) is 27.3 Å². The van der Waals surface area contributed by atoms with Crippen molar-refractivity contribution in [2.75, 3.05) is 5.32 Å². The number of nitrogens with one attached hydrogen (secondary N) is 1. The highest BCUT2D eigenvalue weighted by molar-refractivity contribution is 6.30. The van der Waals surface area contributed by atoms with Crippen molar-refractivity contribution in [1.29, 1.82) is 0 Å². The Balaban J connectivity index is 1.85. The summed E-state index contributed by atoms with van der Waals surface area (Å²) in [7, 11) is 0. The third-order valence-corrected chi connectivity index (χ3v) is 3.44. The topological polar surface area (TPSA) is 37.8 Å². The maximum atomic E-state index is 6.02. The van der Waals surface area contributed by atoms with E-state index in [1.54, 1.807) is 12.4 Å². The third-order valence-electron chi connectivity index (χ3n) is 3.20. The first kappa shape index (κ1) is 12.9. The Labute approximate surface area is 122 Å². The largest absolute Gasteiger partial charge is 0.378 e. The van der Waals surface area contributed by atoms with Crippen molar-refractivity contribution in [3.05, 3.63) is 65.4 Å². The van der Waals surface area contributed by atoms with Gasteiger partial charge in [-0.3, -0.25) is 9.97 Å². The average molecular weight is 284 g/mol. The van der Waals surface area contributed by atoms with Gasteiger partial charge in [-0.15, -0.1) is 0 Å². The molecule has 0 aliphatic heterocycles. The average Bonchev–Trinajstić information content (AvgIpc) is 2.47.